The summed E-state index contributed by atoms with van der Waals surface area (Å²) >= 11 is 0. The van der Waals surface area contributed by atoms with E-state index in [1.54, 1.807) is 24.3 Å². The van der Waals surface area contributed by atoms with E-state index in [-0.39, 0.29) is 23.6 Å². The van der Waals surface area contributed by atoms with Crippen molar-refractivity contribution in [2.45, 2.75) is 30.4 Å². The zero-order valence-corrected chi connectivity index (χ0v) is 17.8. The molecule has 0 N–H and O–H groups in total. The standard InChI is InChI=1S/C23H21NO7S/c25-23(30-17-19-9-5-2-6-10-19)22(16-11-18-7-3-1-4-8-18)31-32(28,29)21-14-12-20(13-15-21)24(26)27/h1-10,12-15,22H,11,16-17H2/t22-/m0/s1. The van der Waals surface area contributed by atoms with E-state index in [2.05, 4.69) is 0 Å². The van der Waals surface area contributed by atoms with Crippen LogP contribution in [-0.4, -0.2) is 25.4 Å². The number of benzene rings is 3. The highest BCUT2D eigenvalue weighted by atomic mass is 32.2. The van der Waals surface area contributed by atoms with Crippen LogP contribution in [0, 0.1) is 10.1 Å². The zero-order chi connectivity index (χ0) is 23.0. The lowest BCUT2D eigenvalue weighted by Gasteiger charge is -2.17. The molecular weight excluding hydrogens is 434 g/mol. The molecule has 0 saturated carbocycles. The number of nitrogens with zero attached hydrogens (tertiary/aromatic N) is 1. The largest absolute Gasteiger partial charge is 0.459 e. The van der Waals surface area contributed by atoms with E-state index in [0.717, 1.165) is 35.4 Å². The van der Waals surface area contributed by atoms with Gasteiger partial charge in [-0.15, -0.1) is 0 Å². The van der Waals surface area contributed by atoms with Gasteiger partial charge in [-0.05, 0) is 36.1 Å². The fraction of sp³-hybridized carbons (Fsp3) is 0.174. The third-order valence-corrected chi connectivity index (χ3v) is 5.94. The average molecular weight is 455 g/mol. The van der Waals surface area contributed by atoms with Crippen molar-refractivity contribution in [3.8, 4) is 0 Å². The number of aryl methyl sites for hydroxylation is 1. The van der Waals surface area contributed by atoms with E-state index in [1.807, 2.05) is 36.4 Å². The quantitative estimate of drug-likeness (QED) is 0.196. The molecule has 3 aromatic carbocycles. The summed E-state index contributed by atoms with van der Waals surface area (Å²) < 4.78 is 35.9. The minimum atomic E-state index is -4.36. The number of esters is 1. The van der Waals surface area contributed by atoms with E-state index in [0.29, 0.717) is 6.42 Å². The molecule has 0 fully saturated rings. The molecule has 1 atom stereocenters. The molecular formula is C23H21NO7S. The Balaban J connectivity index is 1.75. The predicted molar refractivity (Wildman–Crippen MR) is 116 cm³/mol. The Morgan fingerprint density at radius 3 is 2.00 bits per heavy atom. The Labute approximate surface area is 185 Å². The van der Waals surface area contributed by atoms with Gasteiger partial charge in [-0.3, -0.25) is 14.3 Å². The van der Waals surface area contributed by atoms with Gasteiger partial charge >= 0.3 is 5.97 Å². The third kappa shape index (κ3) is 6.47. The van der Waals surface area contributed by atoms with Gasteiger partial charge in [0.25, 0.3) is 15.8 Å². The van der Waals surface area contributed by atoms with E-state index >= 15 is 0 Å². The van der Waals surface area contributed by atoms with Crippen LogP contribution in [0.1, 0.15) is 17.5 Å². The number of ether oxygens (including phenoxy) is 1. The molecule has 0 unspecified atom stereocenters. The van der Waals surface area contributed by atoms with Crippen LogP contribution in [0.15, 0.2) is 89.8 Å². The van der Waals surface area contributed by atoms with Crippen LogP contribution < -0.4 is 0 Å². The highest BCUT2D eigenvalue weighted by Gasteiger charge is 2.29. The summed E-state index contributed by atoms with van der Waals surface area (Å²) in [5.41, 5.74) is 1.40. The van der Waals surface area contributed by atoms with Crippen molar-refractivity contribution < 1.29 is 27.1 Å². The molecule has 3 rings (SSSR count). The van der Waals surface area contributed by atoms with Crippen LogP contribution in [0.3, 0.4) is 0 Å². The minimum Gasteiger partial charge on any atom is -0.459 e. The second-order valence-electron chi connectivity index (χ2n) is 6.91. The normalized spacial score (nSPS) is 12.1. The lowest BCUT2D eigenvalue weighted by atomic mass is 10.1. The van der Waals surface area contributed by atoms with Gasteiger partial charge in [0.15, 0.2) is 6.10 Å². The molecule has 9 heteroatoms. The maximum atomic E-state index is 12.7. The van der Waals surface area contributed by atoms with Crippen molar-refractivity contribution >= 4 is 21.8 Å². The summed E-state index contributed by atoms with van der Waals surface area (Å²) in [6.45, 7) is -0.0253. The van der Waals surface area contributed by atoms with Gasteiger partial charge in [-0.2, -0.15) is 8.42 Å². The highest BCUT2D eigenvalue weighted by molar-refractivity contribution is 7.86. The van der Waals surface area contributed by atoms with E-state index in [9.17, 15) is 23.3 Å². The number of nitro groups is 1. The lowest BCUT2D eigenvalue weighted by molar-refractivity contribution is -0.384. The fourth-order valence-electron chi connectivity index (χ4n) is 2.91. The van der Waals surface area contributed by atoms with E-state index < -0.39 is 27.1 Å². The molecule has 0 radical (unpaired) electrons. The van der Waals surface area contributed by atoms with Gasteiger partial charge < -0.3 is 4.74 Å². The molecule has 0 heterocycles. The molecule has 0 aromatic heterocycles. The average Bonchev–Trinajstić information content (AvgIpc) is 2.81. The Bertz CT molecular complexity index is 1150. The summed E-state index contributed by atoms with van der Waals surface area (Å²) in [5, 5.41) is 10.8. The van der Waals surface area contributed by atoms with Crippen LogP contribution in [0.25, 0.3) is 0 Å². The molecule has 32 heavy (non-hydrogen) atoms. The molecule has 166 valence electrons. The molecule has 0 aliphatic carbocycles. The highest BCUT2D eigenvalue weighted by Crippen LogP contribution is 2.21. The smallest absolute Gasteiger partial charge is 0.337 e. The van der Waals surface area contributed by atoms with Crippen LogP contribution in [-0.2, 0) is 36.9 Å². The van der Waals surface area contributed by atoms with Crippen LogP contribution in [0.4, 0.5) is 5.69 Å². The van der Waals surface area contributed by atoms with Crippen molar-refractivity contribution in [2.24, 2.45) is 0 Å². The van der Waals surface area contributed by atoms with Crippen molar-refractivity contribution in [3.05, 3.63) is 106 Å². The van der Waals surface area contributed by atoms with Crippen molar-refractivity contribution in [1.29, 1.82) is 0 Å². The first-order valence-corrected chi connectivity index (χ1v) is 11.2. The van der Waals surface area contributed by atoms with Gasteiger partial charge in [-0.1, -0.05) is 60.7 Å². The Morgan fingerprint density at radius 1 is 0.875 bits per heavy atom. The third-order valence-electron chi connectivity index (χ3n) is 4.60. The van der Waals surface area contributed by atoms with Crippen molar-refractivity contribution in [3.63, 3.8) is 0 Å². The number of hydrogen-bond acceptors (Lipinski definition) is 7. The van der Waals surface area contributed by atoms with Gasteiger partial charge in [0.2, 0.25) is 0 Å². The Hall–Kier alpha value is -3.56. The van der Waals surface area contributed by atoms with Gasteiger partial charge in [0.05, 0.1) is 9.82 Å². The summed E-state index contributed by atoms with van der Waals surface area (Å²) in [6.07, 6.45) is -0.912. The first-order chi connectivity index (χ1) is 15.3. The number of nitro benzene ring substituents is 1. The van der Waals surface area contributed by atoms with Crippen LogP contribution in [0.5, 0.6) is 0 Å². The molecule has 0 saturated heterocycles. The zero-order valence-electron chi connectivity index (χ0n) is 17.0. The van der Waals surface area contributed by atoms with Gasteiger partial charge in [-0.25, -0.2) is 4.79 Å². The summed E-state index contributed by atoms with van der Waals surface area (Å²) in [4.78, 5) is 22.6. The summed E-state index contributed by atoms with van der Waals surface area (Å²) in [7, 11) is -4.36. The number of hydrogen-bond donors (Lipinski definition) is 0. The first-order valence-electron chi connectivity index (χ1n) is 9.77. The van der Waals surface area contributed by atoms with E-state index in [4.69, 9.17) is 8.92 Å². The second kappa shape index (κ2) is 10.7. The maximum Gasteiger partial charge on any atom is 0.337 e. The van der Waals surface area contributed by atoms with Gasteiger partial charge in [0, 0.05) is 12.1 Å². The van der Waals surface area contributed by atoms with Crippen LogP contribution >= 0.6 is 0 Å². The Kier molecular flexibility index (Phi) is 7.69. The minimum absolute atomic E-state index is 0.0253. The van der Waals surface area contributed by atoms with Crippen LogP contribution in [0.2, 0.25) is 0 Å². The summed E-state index contributed by atoms with van der Waals surface area (Å²) in [6, 6.07) is 22.5. The predicted octanol–water partition coefficient (Wildman–Crippen LogP) is 4.04. The fourth-order valence-corrected chi connectivity index (χ4v) is 3.97. The molecule has 8 nitrogen and oxygen atoms in total. The molecule has 0 bridgehead atoms. The maximum absolute atomic E-state index is 12.7. The van der Waals surface area contributed by atoms with Crippen molar-refractivity contribution in [1.82, 2.24) is 0 Å². The molecule has 0 aliphatic rings. The topological polar surface area (TPSA) is 113 Å². The summed E-state index contributed by atoms with van der Waals surface area (Å²) in [5.74, 6) is -0.810. The number of non-ortho nitro benzene ring substituents is 1. The Morgan fingerprint density at radius 2 is 1.44 bits per heavy atom. The number of carbonyl (C=O) groups excluding carboxylic acids is 1. The van der Waals surface area contributed by atoms with E-state index in [1.165, 1.54) is 0 Å². The van der Waals surface area contributed by atoms with Crippen molar-refractivity contribution in [2.75, 3.05) is 0 Å². The number of carbonyl (C=O) groups is 1. The number of rotatable bonds is 10. The molecule has 0 spiro atoms. The first kappa shape index (κ1) is 23.1. The van der Waals surface area contributed by atoms with Gasteiger partial charge in [0.1, 0.15) is 6.61 Å². The molecule has 3 aromatic rings. The lowest BCUT2D eigenvalue weighted by Crippen LogP contribution is -2.30. The second-order valence-corrected chi connectivity index (χ2v) is 8.48. The molecule has 0 amide bonds. The molecule has 0 aliphatic heterocycles. The monoisotopic (exact) mass is 455 g/mol. The SMILES string of the molecule is O=C(OCc1ccccc1)[C@H](CCc1ccccc1)OS(=O)(=O)c1ccc([N+](=O)[O-])cc1.